The Balaban J connectivity index is 1.87. The second-order valence-corrected chi connectivity index (χ2v) is 7.26. The largest absolute Gasteiger partial charge is 0.303 e. The Labute approximate surface area is 139 Å². The lowest BCUT2D eigenvalue weighted by atomic mass is 9.88. The van der Waals surface area contributed by atoms with Gasteiger partial charge in [0.2, 0.25) is 0 Å². The topological polar surface area (TPSA) is 20.3 Å². The zero-order chi connectivity index (χ0) is 16.1. The third kappa shape index (κ3) is 4.82. The minimum Gasteiger partial charge on any atom is -0.303 e. The van der Waals surface area contributed by atoms with E-state index in [2.05, 4.69) is 36.9 Å². The van der Waals surface area contributed by atoms with Crippen molar-refractivity contribution in [2.45, 2.75) is 58.3 Å². The van der Waals surface area contributed by atoms with Crippen LogP contribution in [0, 0.1) is 0 Å². The molecule has 1 aromatic carbocycles. The van der Waals surface area contributed by atoms with Gasteiger partial charge >= 0.3 is 0 Å². The fourth-order valence-corrected chi connectivity index (χ4v) is 3.60. The van der Waals surface area contributed by atoms with Crippen LogP contribution in [0.3, 0.4) is 0 Å². The van der Waals surface area contributed by atoms with E-state index in [0.717, 1.165) is 31.1 Å². The molecule has 1 fully saturated rings. The molecular weight excluding hydrogens is 294 g/mol. The molecule has 0 spiro atoms. The van der Waals surface area contributed by atoms with E-state index in [1.165, 1.54) is 24.0 Å². The molecule has 1 heterocycles. The maximum atomic E-state index is 11.0. The van der Waals surface area contributed by atoms with Gasteiger partial charge in [0.15, 0.2) is 0 Å². The second kappa shape index (κ2) is 8.12. The van der Waals surface area contributed by atoms with E-state index < -0.39 is 0 Å². The molecule has 0 bridgehead atoms. The number of ketones is 1. The summed E-state index contributed by atoms with van der Waals surface area (Å²) >= 11 is 6.51. The molecule has 0 unspecified atom stereocenters. The van der Waals surface area contributed by atoms with Crippen molar-refractivity contribution >= 4 is 17.4 Å². The quantitative estimate of drug-likeness (QED) is 0.734. The standard InChI is InChI=1S/C19H28ClNO/c1-14(2)17-6-7-18(19(20)13-17)16-8-11-21(12-9-16)10-4-5-15(3)22/h6-7,13-14,16H,4-5,8-12H2,1-3H3. The van der Waals surface area contributed by atoms with Crippen LogP contribution in [0.25, 0.3) is 0 Å². The summed E-state index contributed by atoms with van der Waals surface area (Å²) < 4.78 is 0. The normalized spacial score (nSPS) is 17.1. The minimum absolute atomic E-state index is 0.298. The fourth-order valence-electron chi connectivity index (χ4n) is 3.25. The number of carbonyl (C=O) groups excluding carboxylic acids is 1. The lowest BCUT2D eigenvalue weighted by molar-refractivity contribution is -0.117. The molecule has 0 aliphatic carbocycles. The van der Waals surface area contributed by atoms with Crippen LogP contribution in [-0.2, 0) is 4.79 Å². The molecule has 0 radical (unpaired) electrons. The zero-order valence-electron chi connectivity index (χ0n) is 14.1. The maximum absolute atomic E-state index is 11.0. The Kier molecular flexibility index (Phi) is 6.46. The molecule has 0 aromatic heterocycles. The SMILES string of the molecule is CC(=O)CCCN1CCC(c2ccc(C(C)C)cc2Cl)CC1. The second-order valence-electron chi connectivity index (χ2n) is 6.86. The van der Waals surface area contributed by atoms with E-state index in [0.29, 0.717) is 24.0 Å². The molecule has 1 aromatic rings. The highest BCUT2D eigenvalue weighted by molar-refractivity contribution is 6.31. The first-order valence-electron chi connectivity index (χ1n) is 8.48. The summed E-state index contributed by atoms with van der Waals surface area (Å²) in [6.45, 7) is 9.35. The monoisotopic (exact) mass is 321 g/mol. The Hall–Kier alpha value is -0.860. The average Bonchev–Trinajstić information content (AvgIpc) is 2.47. The molecule has 2 nitrogen and oxygen atoms in total. The van der Waals surface area contributed by atoms with Crippen LogP contribution in [0.1, 0.15) is 69.4 Å². The Morgan fingerprint density at radius 2 is 2.00 bits per heavy atom. The van der Waals surface area contributed by atoms with Crippen LogP contribution in [0.4, 0.5) is 0 Å². The summed E-state index contributed by atoms with van der Waals surface area (Å²) in [5.41, 5.74) is 2.63. The van der Waals surface area contributed by atoms with Crippen LogP contribution >= 0.6 is 11.6 Å². The lowest BCUT2D eigenvalue weighted by Gasteiger charge is -2.32. The Morgan fingerprint density at radius 3 is 2.55 bits per heavy atom. The summed E-state index contributed by atoms with van der Waals surface area (Å²) in [5.74, 6) is 1.40. The first-order valence-corrected chi connectivity index (χ1v) is 8.86. The molecule has 0 saturated carbocycles. The molecule has 0 amide bonds. The minimum atomic E-state index is 0.298. The third-order valence-corrected chi connectivity index (χ3v) is 5.05. The lowest BCUT2D eigenvalue weighted by Crippen LogP contribution is -2.33. The number of carbonyl (C=O) groups is 1. The predicted molar refractivity (Wildman–Crippen MR) is 93.9 cm³/mol. The molecule has 1 saturated heterocycles. The average molecular weight is 322 g/mol. The first-order chi connectivity index (χ1) is 10.5. The number of likely N-dealkylation sites (tertiary alicyclic amines) is 1. The molecule has 122 valence electrons. The van der Waals surface area contributed by atoms with Crippen LogP contribution in [-0.4, -0.2) is 30.3 Å². The molecule has 22 heavy (non-hydrogen) atoms. The number of piperidine rings is 1. The van der Waals surface area contributed by atoms with Gasteiger partial charge in [-0.3, -0.25) is 0 Å². The van der Waals surface area contributed by atoms with Gasteiger partial charge in [-0.1, -0.05) is 37.6 Å². The summed E-state index contributed by atoms with van der Waals surface area (Å²) in [7, 11) is 0. The highest BCUT2D eigenvalue weighted by Crippen LogP contribution is 2.34. The Bertz CT molecular complexity index is 504. The molecule has 0 atom stereocenters. The first kappa shape index (κ1) is 17.5. The molecule has 0 N–H and O–H groups in total. The van der Waals surface area contributed by atoms with Crippen molar-refractivity contribution in [3.05, 3.63) is 34.3 Å². The summed E-state index contributed by atoms with van der Waals surface area (Å²) in [5, 5.41) is 0.932. The van der Waals surface area contributed by atoms with Crippen molar-refractivity contribution < 1.29 is 4.79 Å². The maximum Gasteiger partial charge on any atom is 0.129 e. The van der Waals surface area contributed by atoms with E-state index >= 15 is 0 Å². The number of benzene rings is 1. The third-order valence-electron chi connectivity index (χ3n) is 4.72. The van der Waals surface area contributed by atoms with Crippen molar-refractivity contribution in [2.24, 2.45) is 0 Å². The van der Waals surface area contributed by atoms with Crippen LogP contribution < -0.4 is 0 Å². The number of nitrogens with zero attached hydrogens (tertiary/aromatic N) is 1. The van der Waals surface area contributed by atoms with Gasteiger partial charge in [0.05, 0.1) is 0 Å². The number of hydrogen-bond donors (Lipinski definition) is 0. The number of Topliss-reactive ketones (excluding diaryl/α,β-unsaturated/α-hetero) is 1. The highest BCUT2D eigenvalue weighted by atomic mass is 35.5. The van der Waals surface area contributed by atoms with Gasteiger partial charge in [-0.15, -0.1) is 0 Å². The van der Waals surface area contributed by atoms with Crippen LogP contribution in [0.15, 0.2) is 18.2 Å². The molecule has 1 aliphatic rings. The highest BCUT2D eigenvalue weighted by Gasteiger charge is 2.22. The fraction of sp³-hybridized carbons (Fsp3) is 0.632. The van der Waals surface area contributed by atoms with Crippen LogP contribution in [0.2, 0.25) is 5.02 Å². The number of rotatable bonds is 6. The van der Waals surface area contributed by atoms with Gasteiger partial charge in [0.1, 0.15) is 5.78 Å². The van der Waals surface area contributed by atoms with Gasteiger partial charge in [-0.2, -0.15) is 0 Å². The van der Waals surface area contributed by atoms with Gasteiger partial charge in [0, 0.05) is 11.4 Å². The molecular formula is C19H28ClNO. The molecule has 3 heteroatoms. The van der Waals surface area contributed by atoms with Crippen molar-refractivity contribution in [3.63, 3.8) is 0 Å². The summed E-state index contributed by atoms with van der Waals surface area (Å²) in [4.78, 5) is 13.5. The van der Waals surface area contributed by atoms with Gasteiger partial charge in [0.25, 0.3) is 0 Å². The van der Waals surface area contributed by atoms with Gasteiger partial charge < -0.3 is 9.69 Å². The van der Waals surface area contributed by atoms with Gasteiger partial charge in [-0.05, 0) is 74.8 Å². The zero-order valence-corrected chi connectivity index (χ0v) is 14.8. The summed E-state index contributed by atoms with van der Waals surface area (Å²) in [6.07, 6.45) is 4.04. The number of hydrogen-bond acceptors (Lipinski definition) is 2. The van der Waals surface area contributed by atoms with E-state index in [9.17, 15) is 4.79 Å². The Morgan fingerprint density at radius 1 is 1.32 bits per heavy atom. The van der Waals surface area contributed by atoms with Crippen molar-refractivity contribution in [1.29, 1.82) is 0 Å². The number of halogens is 1. The van der Waals surface area contributed by atoms with E-state index in [4.69, 9.17) is 11.6 Å². The predicted octanol–water partition coefficient (Wildman–Crippen LogP) is 5.01. The molecule has 2 rings (SSSR count). The summed E-state index contributed by atoms with van der Waals surface area (Å²) in [6, 6.07) is 6.60. The molecule has 1 aliphatic heterocycles. The smallest absolute Gasteiger partial charge is 0.129 e. The van der Waals surface area contributed by atoms with E-state index in [-0.39, 0.29) is 0 Å². The van der Waals surface area contributed by atoms with Crippen molar-refractivity contribution in [3.8, 4) is 0 Å². The van der Waals surface area contributed by atoms with Crippen molar-refractivity contribution in [1.82, 2.24) is 4.90 Å². The van der Waals surface area contributed by atoms with E-state index in [1.54, 1.807) is 6.92 Å². The van der Waals surface area contributed by atoms with Crippen molar-refractivity contribution in [2.75, 3.05) is 19.6 Å². The van der Waals surface area contributed by atoms with Gasteiger partial charge in [-0.25, -0.2) is 0 Å². The van der Waals surface area contributed by atoms with E-state index in [1.807, 2.05) is 0 Å². The van der Waals surface area contributed by atoms with Crippen LogP contribution in [0.5, 0.6) is 0 Å².